The monoisotopic (exact) mass is 182 g/mol. The van der Waals surface area contributed by atoms with Gasteiger partial charge in [0.25, 0.3) is 0 Å². The lowest BCUT2D eigenvalue weighted by atomic mass is 9.79. The average molecular weight is 182 g/mol. The number of hydrogen-bond acceptors (Lipinski definition) is 0. The van der Waals surface area contributed by atoms with Crippen LogP contribution in [-0.2, 0) is 0 Å². The molecule has 0 amide bonds. The molecular formula is C13H26. The van der Waals surface area contributed by atoms with E-state index in [0.717, 1.165) is 17.8 Å². The predicted molar refractivity (Wildman–Crippen MR) is 61.8 cm³/mol. The van der Waals surface area contributed by atoms with Crippen molar-refractivity contribution in [2.75, 3.05) is 0 Å². The van der Waals surface area contributed by atoms with Gasteiger partial charge in [-0.3, -0.25) is 0 Å². The van der Waals surface area contributed by atoms with Gasteiger partial charge in [0.15, 0.2) is 0 Å². The van der Waals surface area contributed by atoms with E-state index in [2.05, 4.69) is 47.3 Å². The van der Waals surface area contributed by atoms with Gasteiger partial charge in [-0.05, 0) is 30.1 Å². The van der Waals surface area contributed by atoms with E-state index in [4.69, 9.17) is 0 Å². The summed E-state index contributed by atoms with van der Waals surface area (Å²) < 4.78 is 0. The van der Waals surface area contributed by atoms with Crippen molar-refractivity contribution in [3.8, 4) is 0 Å². The smallest absolute Gasteiger partial charge is 0.0187 e. The molecule has 0 aliphatic heterocycles. The third-order valence-corrected chi connectivity index (χ3v) is 3.17. The first-order chi connectivity index (χ1) is 6.02. The number of allylic oxidation sites excluding steroid dienone is 1. The van der Waals surface area contributed by atoms with Gasteiger partial charge in [-0.15, -0.1) is 6.58 Å². The van der Waals surface area contributed by atoms with Crippen molar-refractivity contribution in [2.45, 2.75) is 47.5 Å². The first-order valence-electron chi connectivity index (χ1n) is 5.65. The van der Waals surface area contributed by atoms with Gasteiger partial charge < -0.3 is 0 Å². The van der Waals surface area contributed by atoms with Crippen LogP contribution in [-0.4, -0.2) is 0 Å². The van der Waals surface area contributed by atoms with Gasteiger partial charge >= 0.3 is 0 Å². The molecule has 0 bridgehead atoms. The molecule has 0 heterocycles. The minimum absolute atomic E-state index is 0.689. The molecule has 0 N–H and O–H groups in total. The maximum atomic E-state index is 3.94. The van der Waals surface area contributed by atoms with Crippen molar-refractivity contribution in [2.24, 2.45) is 23.7 Å². The number of rotatable bonds is 6. The van der Waals surface area contributed by atoms with Crippen LogP contribution in [0.4, 0.5) is 0 Å². The molecule has 0 rings (SSSR count). The molecule has 3 atom stereocenters. The van der Waals surface area contributed by atoms with Gasteiger partial charge in [0.2, 0.25) is 0 Å². The predicted octanol–water partition coefficient (Wildman–Crippen LogP) is 4.52. The highest BCUT2D eigenvalue weighted by atomic mass is 14.2. The Balaban J connectivity index is 4.05. The summed E-state index contributed by atoms with van der Waals surface area (Å²) >= 11 is 0. The van der Waals surface area contributed by atoms with E-state index in [1.165, 1.54) is 12.8 Å². The minimum Gasteiger partial charge on any atom is -0.103 e. The van der Waals surface area contributed by atoms with Crippen LogP contribution in [0.5, 0.6) is 0 Å². The first kappa shape index (κ1) is 12.7. The zero-order valence-corrected chi connectivity index (χ0v) is 10.0. The van der Waals surface area contributed by atoms with Gasteiger partial charge in [0.05, 0.1) is 0 Å². The van der Waals surface area contributed by atoms with E-state index in [1.807, 2.05) is 0 Å². The maximum absolute atomic E-state index is 3.94. The van der Waals surface area contributed by atoms with E-state index < -0.39 is 0 Å². The van der Waals surface area contributed by atoms with Crippen LogP contribution in [0.1, 0.15) is 47.5 Å². The Hall–Kier alpha value is -0.260. The second kappa shape index (κ2) is 6.23. The van der Waals surface area contributed by atoms with E-state index >= 15 is 0 Å². The summed E-state index contributed by atoms with van der Waals surface area (Å²) in [5, 5.41) is 0. The van der Waals surface area contributed by atoms with Crippen molar-refractivity contribution in [3.05, 3.63) is 12.7 Å². The molecule has 0 nitrogen and oxygen atoms in total. The molecule has 78 valence electrons. The molecule has 0 aromatic heterocycles. The summed E-state index contributed by atoms with van der Waals surface area (Å²) in [4.78, 5) is 0. The summed E-state index contributed by atoms with van der Waals surface area (Å²) in [7, 11) is 0. The van der Waals surface area contributed by atoms with Crippen molar-refractivity contribution in [1.29, 1.82) is 0 Å². The lowest BCUT2D eigenvalue weighted by molar-refractivity contribution is 0.279. The quantitative estimate of drug-likeness (QED) is 0.530. The highest BCUT2D eigenvalue weighted by molar-refractivity contribution is 4.85. The molecule has 0 aromatic rings. The van der Waals surface area contributed by atoms with Crippen molar-refractivity contribution in [3.63, 3.8) is 0 Å². The molecule has 0 fully saturated rings. The van der Waals surface area contributed by atoms with Crippen LogP contribution in [0.3, 0.4) is 0 Å². The third kappa shape index (κ3) is 4.50. The summed E-state index contributed by atoms with van der Waals surface area (Å²) in [5.74, 6) is 3.06. The Labute approximate surface area is 84.4 Å². The number of hydrogen-bond donors (Lipinski definition) is 0. The summed E-state index contributed by atoms with van der Waals surface area (Å²) in [6.45, 7) is 15.5. The highest BCUT2D eigenvalue weighted by Crippen LogP contribution is 2.28. The Bertz CT molecular complexity index is 135. The molecule has 3 unspecified atom stereocenters. The zero-order valence-electron chi connectivity index (χ0n) is 10.0. The Morgan fingerprint density at radius 1 is 1.15 bits per heavy atom. The van der Waals surface area contributed by atoms with E-state index in [1.54, 1.807) is 0 Å². The Kier molecular flexibility index (Phi) is 6.11. The fourth-order valence-electron chi connectivity index (χ4n) is 2.12. The fraction of sp³-hybridized carbons (Fsp3) is 0.846. The molecule has 0 saturated heterocycles. The fourth-order valence-corrected chi connectivity index (χ4v) is 2.12. The largest absolute Gasteiger partial charge is 0.103 e. The Morgan fingerprint density at radius 2 is 1.69 bits per heavy atom. The van der Waals surface area contributed by atoms with Crippen LogP contribution in [0.25, 0.3) is 0 Å². The molecule has 0 radical (unpaired) electrons. The molecular weight excluding hydrogens is 156 g/mol. The van der Waals surface area contributed by atoms with Crippen molar-refractivity contribution in [1.82, 2.24) is 0 Å². The van der Waals surface area contributed by atoms with Gasteiger partial charge in [-0.2, -0.15) is 0 Å². The first-order valence-corrected chi connectivity index (χ1v) is 5.65. The van der Waals surface area contributed by atoms with Gasteiger partial charge in [-0.25, -0.2) is 0 Å². The summed E-state index contributed by atoms with van der Waals surface area (Å²) in [6, 6.07) is 0. The van der Waals surface area contributed by atoms with Crippen LogP contribution in [0, 0.1) is 23.7 Å². The summed E-state index contributed by atoms with van der Waals surface area (Å²) in [5.41, 5.74) is 0. The topological polar surface area (TPSA) is 0 Å². The lowest BCUT2D eigenvalue weighted by Crippen LogP contribution is -2.17. The molecule has 0 spiro atoms. The standard InChI is InChI=1S/C13H26/c1-7-11(5)9-12(6)13(8-2)10(3)4/h8,10-13H,2,7,9H2,1,3-6H3. The zero-order chi connectivity index (χ0) is 10.4. The normalized spacial score (nSPS) is 18.3. The van der Waals surface area contributed by atoms with E-state index in [0.29, 0.717) is 5.92 Å². The molecule has 13 heavy (non-hydrogen) atoms. The second-order valence-corrected chi connectivity index (χ2v) is 4.78. The minimum atomic E-state index is 0.689. The van der Waals surface area contributed by atoms with Gasteiger partial charge in [-0.1, -0.05) is 47.1 Å². The maximum Gasteiger partial charge on any atom is -0.0187 e. The molecule has 0 aliphatic rings. The van der Waals surface area contributed by atoms with Crippen LogP contribution in [0.15, 0.2) is 12.7 Å². The van der Waals surface area contributed by atoms with Gasteiger partial charge in [0, 0.05) is 0 Å². The van der Waals surface area contributed by atoms with Crippen LogP contribution in [0.2, 0.25) is 0 Å². The van der Waals surface area contributed by atoms with E-state index in [-0.39, 0.29) is 0 Å². The molecule has 0 aromatic carbocycles. The van der Waals surface area contributed by atoms with Crippen molar-refractivity contribution < 1.29 is 0 Å². The summed E-state index contributed by atoms with van der Waals surface area (Å²) in [6.07, 6.45) is 4.77. The average Bonchev–Trinajstić information content (AvgIpc) is 2.04. The SMILES string of the molecule is C=CC(C(C)C)C(C)CC(C)CC. The van der Waals surface area contributed by atoms with E-state index in [9.17, 15) is 0 Å². The van der Waals surface area contributed by atoms with Gasteiger partial charge in [0.1, 0.15) is 0 Å². The molecule has 0 saturated carbocycles. The lowest BCUT2D eigenvalue weighted by Gasteiger charge is -2.26. The highest BCUT2D eigenvalue weighted by Gasteiger charge is 2.18. The molecule has 0 aliphatic carbocycles. The second-order valence-electron chi connectivity index (χ2n) is 4.78. The Morgan fingerprint density at radius 3 is 2.00 bits per heavy atom. The van der Waals surface area contributed by atoms with Crippen LogP contribution < -0.4 is 0 Å². The third-order valence-electron chi connectivity index (χ3n) is 3.17. The van der Waals surface area contributed by atoms with Crippen molar-refractivity contribution >= 4 is 0 Å². The van der Waals surface area contributed by atoms with Crippen LogP contribution >= 0.6 is 0 Å². The molecule has 0 heteroatoms.